The van der Waals surface area contributed by atoms with Crippen LogP contribution in [0.25, 0.3) is 0 Å². The van der Waals surface area contributed by atoms with E-state index in [2.05, 4.69) is 32.6 Å². The number of rotatable bonds is 0. The van der Waals surface area contributed by atoms with Gasteiger partial charge in [-0.25, -0.2) is 0 Å². The van der Waals surface area contributed by atoms with Crippen molar-refractivity contribution in [3.05, 3.63) is 30.6 Å². The predicted molar refractivity (Wildman–Crippen MR) is 37.0 cm³/mol. The summed E-state index contributed by atoms with van der Waals surface area (Å²) in [5, 5.41) is 0. The summed E-state index contributed by atoms with van der Waals surface area (Å²) in [6, 6.07) is 5.72. The summed E-state index contributed by atoms with van der Waals surface area (Å²) >= 11 is 8.53. The first-order valence-electron chi connectivity index (χ1n) is 2.16. The van der Waals surface area contributed by atoms with Crippen LogP contribution in [-0.4, -0.2) is 4.98 Å². The van der Waals surface area contributed by atoms with Crippen molar-refractivity contribution in [1.29, 1.82) is 0 Å². The van der Waals surface area contributed by atoms with E-state index in [1.54, 1.807) is 12.4 Å². The molecule has 1 heterocycles. The molecule has 1 aromatic heterocycles. The van der Waals surface area contributed by atoms with Gasteiger partial charge in [0.2, 0.25) is 0 Å². The molecular formula is C5H5Cl2NO. The Hall–Kier alpha value is -0.310. The molecular weight excluding hydrogens is 161 g/mol. The van der Waals surface area contributed by atoms with Gasteiger partial charge in [0.1, 0.15) is 0 Å². The van der Waals surface area contributed by atoms with Gasteiger partial charge in [0, 0.05) is 12.4 Å². The second kappa shape index (κ2) is 7.69. The average molecular weight is 166 g/mol. The number of aromatic nitrogens is 1. The summed E-state index contributed by atoms with van der Waals surface area (Å²) in [4.78, 5) is 3.78. The fourth-order valence-corrected chi connectivity index (χ4v) is 0.313. The van der Waals surface area contributed by atoms with Gasteiger partial charge >= 0.3 is 0 Å². The Balaban J connectivity index is 0.000000187. The summed E-state index contributed by atoms with van der Waals surface area (Å²) in [6.45, 7) is 0. The van der Waals surface area contributed by atoms with Gasteiger partial charge in [-0.3, -0.25) is 4.98 Å². The van der Waals surface area contributed by atoms with Gasteiger partial charge in [-0.15, -0.1) is 0 Å². The first-order chi connectivity index (χ1) is 4.41. The first-order valence-corrected chi connectivity index (χ1v) is 2.78. The molecule has 0 aliphatic carbocycles. The van der Waals surface area contributed by atoms with Gasteiger partial charge in [0.25, 0.3) is 0 Å². The summed E-state index contributed by atoms with van der Waals surface area (Å²) in [6.07, 6.45) is 3.50. The van der Waals surface area contributed by atoms with E-state index in [1.165, 1.54) is 0 Å². The lowest BCUT2D eigenvalue weighted by Gasteiger charge is -1.70. The molecule has 0 N–H and O–H groups in total. The van der Waals surface area contributed by atoms with E-state index < -0.39 is 0 Å². The molecule has 0 saturated carbocycles. The highest BCUT2D eigenvalue weighted by atomic mass is 35.6. The maximum atomic E-state index is 4.26. The minimum Gasteiger partial charge on any atom is -0.265 e. The van der Waals surface area contributed by atoms with E-state index in [0.717, 1.165) is 0 Å². The molecule has 0 atom stereocenters. The van der Waals surface area contributed by atoms with E-state index >= 15 is 0 Å². The largest absolute Gasteiger partial charge is 0.265 e. The van der Waals surface area contributed by atoms with Crippen LogP contribution in [0.1, 0.15) is 0 Å². The quantitative estimate of drug-likeness (QED) is 0.590. The second-order valence-corrected chi connectivity index (χ2v) is 1.55. The van der Waals surface area contributed by atoms with E-state index in [4.69, 9.17) is 0 Å². The Kier molecular flexibility index (Phi) is 7.43. The number of halogens is 2. The predicted octanol–water partition coefficient (Wildman–Crippen LogP) is 2.39. The zero-order chi connectivity index (χ0) is 6.95. The van der Waals surface area contributed by atoms with Crippen molar-refractivity contribution in [2.24, 2.45) is 0 Å². The Morgan fingerprint density at radius 1 is 1.00 bits per heavy atom. The van der Waals surface area contributed by atoms with E-state index in [1.807, 2.05) is 18.2 Å². The fraction of sp³-hybridized carbons (Fsp3) is 0. The third kappa shape index (κ3) is 7.69. The molecule has 0 aliphatic heterocycles. The van der Waals surface area contributed by atoms with Crippen molar-refractivity contribution in [3.63, 3.8) is 0 Å². The lowest BCUT2D eigenvalue weighted by atomic mass is 10.5. The molecule has 0 amide bonds. The van der Waals surface area contributed by atoms with Crippen molar-refractivity contribution < 1.29 is 3.84 Å². The van der Waals surface area contributed by atoms with E-state index in [9.17, 15) is 0 Å². The number of nitrogens with zero attached hydrogens (tertiary/aromatic N) is 1. The monoisotopic (exact) mass is 165 g/mol. The lowest BCUT2D eigenvalue weighted by Crippen LogP contribution is -1.58. The molecule has 0 fully saturated rings. The van der Waals surface area contributed by atoms with Crippen molar-refractivity contribution >= 4 is 23.7 Å². The van der Waals surface area contributed by atoms with E-state index in [0.29, 0.717) is 0 Å². The molecule has 0 aliphatic rings. The molecule has 0 unspecified atom stereocenters. The molecule has 1 rings (SSSR count). The van der Waals surface area contributed by atoms with Gasteiger partial charge in [0.15, 0.2) is 0 Å². The van der Waals surface area contributed by atoms with Gasteiger partial charge in [-0.05, 0) is 12.1 Å². The maximum absolute atomic E-state index is 4.26. The number of hydrogen-bond donors (Lipinski definition) is 0. The molecule has 1 aromatic rings. The standard InChI is InChI=1S/C5H5N.Cl2O/c1-2-4-6-5-3-1;1-3-2/h1-5H;. The van der Waals surface area contributed by atoms with Crippen LogP contribution in [0.3, 0.4) is 0 Å². The van der Waals surface area contributed by atoms with Gasteiger partial charge in [-0.1, -0.05) is 6.07 Å². The van der Waals surface area contributed by atoms with Crippen LogP contribution in [0.2, 0.25) is 0 Å². The zero-order valence-electron chi connectivity index (χ0n) is 4.50. The fourth-order valence-electron chi connectivity index (χ4n) is 0.313. The molecule has 2 nitrogen and oxygen atoms in total. The number of pyridine rings is 1. The molecule has 0 aromatic carbocycles. The lowest BCUT2D eigenvalue weighted by molar-refractivity contribution is 0.697. The highest BCUT2D eigenvalue weighted by molar-refractivity contribution is 6.24. The Morgan fingerprint density at radius 3 is 1.56 bits per heavy atom. The number of hydrogen-bond acceptors (Lipinski definition) is 2. The van der Waals surface area contributed by atoms with Crippen LogP contribution < -0.4 is 0 Å². The molecule has 0 saturated heterocycles. The molecule has 50 valence electrons. The summed E-state index contributed by atoms with van der Waals surface area (Å²) in [5.74, 6) is 0. The Labute approximate surface area is 63.7 Å². The Bertz CT molecular complexity index is 97.8. The van der Waals surface area contributed by atoms with Crippen LogP contribution in [0.5, 0.6) is 0 Å². The van der Waals surface area contributed by atoms with Gasteiger partial charge in [-0.2, -0.15) is 3.84 Å². The highest BCUT2D eigenvalue weighted by Crippen LogP contribution is 1.78. The zero-order valence-corrected chi connectivity index (χ0v) is 6.01. The van der Waals surface area contributed by atoms with Gasteiger partial charge < -0.3 is 0 Å². The molecule has 0 spiro atoms. The Morgan fingerprint density at radius 2 is 1.44 bits per heavy atom. The third-order valence-corrected chi connectivity index (χ3v) is 0.566. The average Bonchev–Trinajstić information content (AvgIpc) is 1.93. The molecule has 0 bridgehead atoms. The summed E-state index contributed by atoms with van der Waals surface area (Å²) < 4.78 is 3.19. The van der Waals surface area contributed by atoms with E-state index in [-0.39, 0.29) is 0 Å². The summed E-state index contributed by atoms with van der Waals surface area (Å²) in [5.41, 5.74) is 0. The normalized spacial score (nSPS) is 7.33. The molecule has 4 heteroatoms. The van der Waals surface area contributed by atoms with Crippen LogP contribution in [0.4, 0.5) is 0 Å². The second-order valence-electron chi connectivity index (χ2n) is 1.08. The van der Waals surface area contributed by atoms with Crippen LogP contribution in [0, 0.1) is 0 Å². The topological polar surface area (TPSA) is 22.1 Å². The van der Waals surface area contributed by atoms with Crippen molar-refractivity contribution in [2.75, 3.05) is 0 Å². The van der Waals surface area contributed by atoms with Crippen LogP contribution in [0.15, 0.2) is 30.6 Å². The maximum Gasteiger partial charge on any atom is 0.0832 e. The minimum absolute atomic E-state index is 1.75. The smallest absolute Gasteiger partial charge is 0.0832 e. The molecule has 9 heavy (non-hydrogen) atoms. The third-order valence-electron chi connectivity index (χ3n) is 0.566. The minimum atomic E-state index is 1.75. The summed E-state index contributed by atoms with van der Waals surface area (Å²) in [7, 11) is 0. The van der Waals surface area contributed by atoms with Gasteiger partial charge in [0.05, 0.1) is 23.7 Å². The first kappa shape index (κ1) is 8.69. The van der Waals surface area contributed by atoms with Crippen molar-refractivity contribution in [3.8, 4) is 0 Å². The van der Waals surface area contributed by atoms with Crippen molar-refractivity contribution in [2.45, 2.75) is 0 Å². The SMILES string of the molecule is ClOCl.c1ccncc1. The van der Waals surface area contributed by atoms with Crippen LogP contribution in [-0.2, 0) is 3.84 Å². The molecule has 0 radical (unpaired) electrons. The van der Waals surface area contributed by atoms with Crippen molar-refractivity contribution in [1.82, 2.24) is 4.98 Å². The highest BCUT2D eigenvalue weighted by Gasteiger charge is 1.58. The van der Waals surface area contributed by atoms with Crippen LogP contribution >= 0.6 is 23.7 Å².